The van der Waals surface area contributed by atoms with E-state index in [0.717, 1.165) is 37.2 Å². The van der Waals surface area contributed by atoms with Crippen LogP contribution in [0, 0.1) is 0 Å². The van der Waals surface area contributed by atoms with Gasteiger partial charge in [-0.25, -0.2) is 9.78 Å². The summed E-state index contributed by atoms with van der Waals surface area (Å²) < 4.78 is 1.70. The van der Waals surface area contributed by atoms with Gasteiger partial charge in [-0.3, -0.25) is 14.9 Å². The van der Waals surface area contributed by atoms with Gasteiger partial charge in [-0.15, -0.1) is 11.3 Å². The number of amides is 4. The molecule has 6 rings (SSSR count). The second-order valence-corrected chi connectivity index (χ2v) is 10.7. The maximum Gasteiger partial charge on any atom is 0.326 e. The van der Waals surface area contributed by atoms with Crippen LogP contribution in [-0.2, 0) is 4.79 Å². The van der Waals surface area contributed by atoms with Crippen LogP contribution in [-0.4, -0.2) is 69.6 Å². The number of likely N-dealkylation sites (tertiary alicyclic amines) is 1. The van der Waals surface area contributed by atoms with Crippen LogP contribution in [0.2, 0.25) is 0 Å². The van der Waals surface area contributed by atoms with Crippen LogP contribution in [0.1, 0.15) is 47.3 Å². The SMILES string of the molecule is CN1CCCC1CCNC(=O)c1cc(-c2cc(NC3CC3)n3ncc(/C=C4\NC(=O)NC4=O)c3n2)cs1. The van der Waals surface area contributed by atoms with Crippen molar-refractivity contribution < 1.29 is 14.4 Å². The number of carbonyl (C=O) groups excluding carboxylic acids is 3. The van der Waals surface area contributed by atoms with Crippen molar-refractivity contribution in [3.63, 3.8) is 0 Å². The molecule has 1 saturated carbocycles. The number of thiophene rings is 1. The van der Waals surface area contributed by atoms with Crippen molar-refractivity contribution in [2.24, 2.45) is 0 Å². The number of fused-ring (bicyclic) bond motifs is 1. The number of imide groups is 1. The van der Waals surface area contributed by atoms with Crippen LogP contribution in [0.15, 0.2) is 29.4 Å². The summed E-state index contributed by atoms with van der Waals surface area (Å²) >= 11 is 1.39. The topological polar surface area (TPSA) is 133 Å². The highest BCUT2D eigenvalue weighted by Gasteiger charge is 2.26. The molecule has 2 aliphatic heterocycles. The Morgan fingerprint density at radius 3 is 2.84 bits per heavy atom. The summed E-state index contributed by atoms with van der Waals surface area (Å²) in [6, 6.07) is 4.15. The van der Waals surface area contributed by atoms with Gasteiger partial charge in [-0.05, 0) is 57.8 Å². The van der Waals surface area contributed by atoms with Crippen molar-refractivity contribution in [1.29, 1.82) is 0 Å². The Hall–Kier alpha value is -3.77. The second kappa shape index (κ2) is 9.60. The van der Waals surface area contributed by atoms with Crippen molar-refractivity contribution in [3.05, 3.63) is 39.8 Å². The van der Waals surface area contributed by atoms with E-state index in [1.807, 2.05) is 17.5 Å². The number of hydrogen-bond acceptors (Lipinski definition) is 8. The molecule has 37 heavy (non-hydrogen) atoms. The lowest BCUT2D eigenvalue weighted by Gasteiger charge is -2.19. The van der Waals surface area contributed by atoms with E-state index in [1.54, 1.807) is 16.8 Å². The number of urea groups is 1. The number of hydrogen-bond donors (Lipinski definition) is 4. The van der Waals surface area contributed by atoms with Crippen LogP contribution in [0.4, 0.5) is 10.6 Å². The number of aromatic nitrogens is 3. The minimum Gasteiger partial charge on any atom is -0.367 e. The molecule has 2 saturated heterocycles. The summed E-state index contributed by atoms with van der Waals surface area (Å²) in [6.07, 6.45) is 8.71. The Morgan fingerprint density at radius 1 is 1.24 bits per heavy atom. The fourth-order valence-corrected chi connectivity index (χ4v) is 5.60. The van der Waals surface area contributed by atoms with Crippen molar-refractivity contribution in [2.45, 2.75) is 44.2 Å². The van der Waals surface area contributed by atoms with Gasteiger partial charge in [0.25, 0.3) is 11.8 Å². The molecule has 4 amide bonds. The first kappa shape index (κ1) is 23.6. The fraction of sp³-hybridized carbons (Fsp3) is 0.400. The first-order valence-electron chi connectivity index (χ1n) is 12.5. The van der Waals surface area contributed by atoms with Gasteiger partial charge < -0.3 is 20.9 Å². The van der Waals surface area contributed by atoms with Crippen LogP contribution in [0.5, 0.6) is 0 Å². The molecule has 1 unspecified atom stereocenters. The van der Waals surface area contributed by atoms with Gasteiger partial charge in [-0.1, -0.05) is 0 Å². The zero-order chi connectivity index (χ0) is 25.5. The lowest BCUT2D eigenvalue weighted by Crippen LogP contribution is -2.31. The maximum atomic E-state index is 12.8. The Bertz CT molecular complexity index is 1420. The zero-order valence-corrected chi connectivity index (χ0v) is 21.2. The van der Waals surface area contributed by atoms with Gasteiger partial charge in [0.2, 0.25) is 0 Å². The summed E-state index contributed by atoms with van der Waals surface area (Å²) in [5.74, 6) is 0.210. The molecular weight excluding hydrogens is 492 g/mol. The van der Waals surface area contributed by atoms with Gasteiger partial charge in [0.1, 0.15) is 11.5 Å². The van der Waals surface area contributed by atoms with E-state index in [-0.39, 0.29) is 11.6 Å². The number of nitrogens with zero attached hydrogens (tertiary/aromatic N) is 4. The number of anilines is 1. The molecule has 0 spiro atoms. The van der Waals surface area contributed by atoms with Crippen LogP contribution in [0.25, 0.3) is 23.0 Å². The van der Waals surface area contributed by atoms with E-state index in [9.17, 15) is 14.4 Å². The largest absolute Gasteiger partial charge is 0.367 e. The molecule has 1 aliphatic carbocycles. The van der Waals surface area contributed by atoms with Crippen LogP contribution >= 0.6 is 11.3 Å². The monoisotopic (exact) mass is 520 g/mol. The Morgan fingerprint density at radius 2 is 2.11 bits per heavy atom. The van der Waals surface area contributed by atoms with Crippen LogP contribution < -0.4 is 21.3 Å². The number of carbonyl (C=O) groups is 3. The third-order valence-electron chi connectivity index (χ3n) is 7.00. The molecule has 3 fully saturated rings. The normalized spacial score (nSPS) is 21.0. The molecule has 0 aromatic carbocycles. The average molecular weight is 521 g/mol. The summed E-state index contributed by atoms with van der Waals surface area (Å²) in [7, 11) is 2.14. The van der Waals surface area contributed by atoms with E-state index < -0.39 is 11.9 Å². The van der Waals surface area contributed by atoms with Crippen LogP contribution in [0.3, 0.4) is 0 Å². The van der Waals surface area contributed by atoms with E-state index in [4.69, 9.17) is 4.98 Å². The molecular formula is C25H28N8O3S. The van der Waals surface area contributed by atoms with E-state index in [0.29, 0.717) is 40.4 Å². The third-order valence-corrected chi connectivity index (χ3v) is 7.93. The van der Waals surface area contributed by atoms with Crippen molar-refractivity contribution in [3.8, 4) is 11.3 Å². The van der Waals surface area contributed by atoms with Gasteiger partial charge >= 0.3 is 6.03 Å². The second-order valence-electron chi connectivity index (χ2n) is 9.77. The Kier molecular flexibility index (Phi) is 6.13. The highest BCUT2D eigenvalue weighted by atomic mass is 32.1. The minimum absolute atomic E-state index is 0.0768. The number of rotatable bonds is 8. The average Bonchev–Trinajstić information content (AvgIpc) is 3.22. The smallest absolute Gasteiger partial charge is 0.326 e. The van der Waals surface area contributed by atoms with Gasteiger partial charge in [0, 0.05) is 41.2 Å². The van der Waals surface area contributed by atoms with Crippen molar-refractivity contribution in [2.75, 3.05) is 25.5 Å². The lowest BCUT2D eigenvalue weighted by atomic mass is 10.1. The highest BCUT2D eigenvalue weighted by molar-refractivity contribution is 7.12. The quantitative estimate of drug-likeness (QED) is 0.265. The molecule has 3 aliphatic rings. The molecule has 3 aromatic heterocycles. The highest BCUT2D eigenvalue weighted by Crippen LogP contribution is 2.31. The minimum atomic E-state index is -0.559. The van der Waals surface area contributed by atoms with Crippen molar-refractivity contribution >= 4 is 46.7 Å². The lowest BCUT2D eigenvalue weighted by molar-refractivity contribution is -0.115. The fourth-order valence-electron chi connectivity index (χ4n) is 4.78. The van der Waals surface area contributed by atoms with Gasteiger partial charge in [-0.2, -0.15) is 9.61 Å². The molecule has 3 aromatic rings. The molecule has 0 bridgehead atoms. The maximum absolute atomic E-state index is 12.8. The molecule has 12 heteroatoms. The summed E-state index contributed by atoms with van der Waals surface area (Å²) in [5, 5.41) is 17.6. The van der Waals surface area contributed by atoms with Crippen molar-refractivity contribution in [1.82, 2.24) is 35.4 Å². The standard InChI is InChI=1S/C25H28N8O3S/c1-32-8-2-3-17(32)6-7-26-24(35)20-10-15(13-37-20)18-11-21(28-16-4-5-16)33-22(29-18)14(12-27-33)9-19-23(34)31-25(36)30-19/h9-13,16-17,28H,2-8H2,1H3,(H,26,35)(H2,30,31,34,36)/b19-9-. The molecule has 192 valence electrons. The first-order valence-corrected chi connectivity index (χ1v) is 13.4. The van der Waals surface area contributed by atoms with Gasteiger partial charge in [0.15, 0.2) is 5.65 Å². The zero-order valence-electron chi connectivity index (χ0n) is 20.4. The molecule has 5 heterocycles. The predicted molar refractivity (Wildman–Crippen MR) is 140 cm³/mol. The molecule has 4 N–H and O–H groups in total. The van der Waals surface area contributed by atoms with E-state index in [1.165, 1.54) is 24.2 Å². The van der Waals surface area contributed by atoms with E-state index >= 15 is 0 Å². The number of nitrogens with one attached hydrogen (secondary N) is 4. The van der Waals surface area contributed by atoms with Gasteiger partial charge in [0.05, 0.1) is 16.8 Å². The summed E-state index contributed by atoms with van der Waals surface area (Å²) in [4.78, 5) is 44.2. The predicted octanol–water partition coefficient (Wildman–Crippen LogP) is 2.43. The Labute approximate surface area is 217 Å². The summed E-state index contributed by atoms with van der Waals surface area (Å²) in [6.45, 7) is 1.78. The first-order chi connectivity index (χ1) is 17.9. The molecule has 11 nitrogen and oxygen atoms in total. The Balaban J connectivity index is 1.25. The molecule has 0 radical (unpaired) electrons. The third kappa shape index (κ3) is 4.94. The van der Waals surface area contributed by atoms with E-state index in [2.05, 4.69) is 38.3 Å². The summed E-state index contributed by atoms with van der Waals surface area (Å²) in [5.41, 5.74) is 2.80. The molecule has 1 atom stereocenters.